The van der Waals surface area contributed by atoms with Gasteiger partial charge in [0.2, 0.25) is 5.91 Å². The van der Waals surface area contributed by atoms with Crippen LogP contribution in [0, 0.1) is 0 Å². The highest BCUT2D eigenvalue weighted by molar-refractivity contribution is 6.44. The number of hydrogen-bond acceptors (Lipinski definition) is 3. The minimum Gasteiger partial charge on any atom is -0.323 e. The normalized spacial score (nSPS) is 18.7. The number of imide groups is 1. The van der Waals surface area contributed by atoms with Crippen molar-refractivity contribution in [3.63, 3.8) is 0 Å². The van der Waals surface area contributed by atoms with E-state index in [9.17, 15) is 14.4 Å². The number of rotatable bonds is 6. The van der Waals surface area contributed by atoms with E-state index >= 15 is 0 Å². The van der Waals surface area contributed by atoms with E-state index in [1.54, 1.807) is 6.92 Å². The van der Waals surface area contributed by atoms with Crippen LogP contribution in [0.15, 0.2) is 42.5 Å². The van der Waals surface area contributed by atoms with Crippen molar-refractivity contribution in [2.24, 2.45) is 0 Å². The van der Waals surface area contributed by atoms with Crippen molar-refractivity contribution in [1.82, 2.24) is 10.2 Å². The lowest BCUT2D eigenvalue weighted by atomic mass is 9.93. The maximum Gasteiger partial charge on any atom is 0.325 e. The third kappa shape index (κ3) is 4.83. The number of hydrogen-bond donors (Lipinski definition) is 2. The molecule has 0 radical (unpaired) electrons. The Kier molecular flexibility index (Phi) is 6.36. The zero-order valence-electron chi connectivity index (χ0n) is 15.5. The molecule has 2 N–H and O–H groups in total. The second-order valence-corrected chi connectivity index (χ2v) is 8.16. The van der Waals surface area contributed by atoms with Crippen molar-refractivity contribution < 1.29 is 14.4 Å². The summed E-state index contributed by atoms with van der Waals surface area (Å²) in [6.07, 6.45) is 1.03. The van der Waals surface area contributed by atoms with Crippen molar-refractivity contribution in [3.8, 4) is 0 Å². The van der Waals surface area contributed by atoms with Gasteiger partial charge in [-0.3, -0.25) is 14.5 Å². The summed E-state index contributed by atoms with van der Waals surface area (Å²) in [6, 6.07) is 11.8. The summed E-state index contributed by atoms with van der Waals surface area (Å²) in [7, 11) is 0. The van der Waals surface area contributed by atoms with Crippen molar-refractivity contribution in [2.75, 3.05) is 11.9 Å². The molecule has 0 spiro atoms. The van der Waals surface area contributed by atoms with E-state index in [1.807, 2.05) is 30.3 Å². The molecular formula is C20H18Cl3N3O3. The van der Waals surface area contributed by atoms with Crippen LogP contribution in [0.5, 0.6) is 0 Å². The number of aryl methyl sites for hydroxylation is 1. The first-order valence-electron chi connectivity index (χ1n) is 8.82. The third-order valence-corrected chi connectivity index (χ3v) is 5.72. The van der Waals surface area contributed by atoms with Gasteiger partial charge in [0.15, 0.2) is 0 Å². The maximum atomic E-state index is 12.8. The second-order valence-electron chi connectivity index (χ2n) is 6.93. The van der Waals surface area contributed by atoms with Gasteiger partial charge >= 0.3 is 6.03 Å². The fraction of sp³-hybridized carbons (Fsp3) is 0.250. The molecule has 9 heteroatoms. The van der Waals surface area contributed by atoms with Gasteiger partial charge in [0, 0.05) is 0 Å². The molecule has 1 saturated heterocycles. The minimum atomic E-state index is -1.07. The van der Waals surface area contributed by atoms with E-state index in [1.165, 1.54) is 12.1 Å². The fourth-order valence-corrected chi connectivity index (χ4v) is 3.64. The molecule has 1 unspecified atom stereocenters. The summed E-state index contributed by atoms with van der Waals surface area (Å²) < 4.78 is 0. The molecule has 1 heterocycles. The van der Waals surface area contributed by atoms with Gasteiger partial charge in [-0.2, -0.15) is 0 Å². The number of halogens is 3. The first-order valence-corrected chi connectivity index (χ1v) is 9.95. The molecule has 0 bridgehead atoms. The lowest BCUT2D eigenvalue weighted by molar-refractivity contribution is -0.133. The third-order valence-electron chi connectivity index (χ3n) is 4.69. The molecule has 3 rings (SSSR count). The average Bonchev–Trinajstić information content (AvgIpc) is 2.89. The molecule has 1 fully saturated rings. The fourth-order valence-electron chi connectivity index (χ4n) is 3.05. The Hall–Kier alpha value is -2.28. The van der Waals surface area contributed by atoms with Crippen LogP contribution in [0.25, 0.3) is 0 Å². The first kappa shape index (κ1) is 21.4. The van der Waals surface area contributed by atoms with Crippen LogP contribution in [0.4, 0.5) is 10.5 Å². The lowest BCUT2D eigenvalue weighted by Gasteiger charge is -2.21. The van der Waals surface area contributed by atoms with Gasteiger partial charge in [0.25, 0.3) is 5.91 Å². The molecule has 4 amide bonds. The predicted molar refractivity (Wildman–Crippen MR) is 114 cm³/mol. The minimum absolute atomic E-state index is 0.192. The van der Waals surface area contributed by atoms with E-state index < -0.39 is 29.9 Å². The maximum absolute atomic E-state index is 12.8. The molecule has 2 aromatic carbocycles. The Morgan fingerprint density at radius 1 is 1.07 bits per heavy atom. The van der Waals surface area contributed by atoms with Gasteiger partial charge < -0.3 is 10.6 Å². The van der Waals surface area contributed by atoms with Crippen molar-refractivity contribution in [2.45, 2.75) is 25.3 Å². The zero-order valence-corrected chi connectivity index (χ0v) is 17.7. The SMILES string of the molecule is CC1(CCc2ccccc2)NC(=O)N(CC(=O)Nc2cc(Cl)c(Cl)cc2Cl)C1=O. The Morgan fingerprint density at radius 3 is 2.41 bits per heavy atom. The van der Waals surface area contributed by atoms with Crippen molar-refractivity contribution in [3.05, 3.63) is 63.1 Å². The number of amides is 4. The predicted octanol–water partition coefficient (Wildman–Crippen LogP) is 4.53. The molecule has 1 aliphatic heterocycles. The highest BCUT2D eigenvalue weighted by atomic mass is 35.5. The number of nitrogens with one attached hydrogen (secondary N) is 2. The zero-order chi connectivity index (χ0) is 21.2. The molecule has 0 saturated carbocycles. The van der Waals surface area contributed by atoms with Gasteiger partial charge in [-0.15, -0.1) is 0 Å². The summed E-state index contributed by atoms with van der Waals surface area (Å²) in [5.74, 6) is -1.03. The number of nitrogens with zero attached hydrogens (tertiary/aromatic N) is 1. The monoisotopic (exact) mass is 453 g/mol. The van der Waals surface area contributed by atoms with Crippen molar-refractivity contribution >= 4 is 58.3 Å². The second kappa shape index (κ2) is 8.61. The van der Waals surface area contributed by atoms with Crippen LogP contribution in [-0.4, -0.2) is 34.8 Å². The Balaban J connectivity index is 1.65. The molecular weight excluding hydrogens is 437 g/mol. The summed E-state index contributed by atoms with van der Waals surface area (Å²) in [6.45, 7) is 1.21. The van der Waals surface area contributed by atoms with Crippen molar-refractivity contribution in [1.29, 1.82) is 0 Å². The van der Waals surface area contributed by atoms with E-state index in [0.29, 0.717) is 12.8 Å². The van der Waals surface area contributed by atoms with E-state index in [4.69, 9.17) is 34.8 Å². The van der Waals surface area contributed by atoms with Gasteiger partial charge in [0.05, 0.1) is 20.8 Å². The van der Waals surface area contributed by atoms with Crippen LogP contribution >= 0.6 is 34.8 Å². The van der Waals surface area contributed by atoms with Gasteiger partial charge in [-0.25, -0.2) is 4.79 Å². The van der Waals surface area contributed by atoms with E-state index in [0.717, 1.165) is 10.5 Å². The molecule has 2 aromatic rings. The molecule has 0 aliphatic carbocycles. The summed E-state index contributed by atoms with van der Waals surface area (Å²) >= 11 is 17.9. The molecule has 152 valence electrons. The molecule has 1 aliphatic rings. The van der Waals surface area contributed by atoms with Crippen LogP contribution < -0.4 is 10.6 Å². The number of carbonyl (C=O) groups excluding carboxylic acids is 3. The van der Waals surface area contributed by atoms with Gasteiger partial charge in [0.1, 0.15) is 12.1 Å². The smallest absolute Gasteiger partial charge is 0.323 e. The molecule has 0 aromatic heterocycles. The molecule has 6 nitrogen and oxygen atoms in total. The topological polar surface area (TPSA) is 78.5 Å². The largest absolute Gasteiger partial charge is 0.325 e. The Bertz CT molecular complexity index is 968. The Labute approximate surface area is 183 Å². The van der Waals surface area contributed by atoms with Crippen LogP contribution in [0.2, 0.25) is 15.1 Å². The number of urea groups is 1. The quantitative estimate of drug-likeness (QED) is 0.497. The number of anilines is 1. The summed E-state index contributed by atoms with van der Waals surface area (Å²) in [5, 5.41) is 5.89. The number of carbonyl (C=O) groups is 3. The van der Waals surface area contributed by atoms with E-state index in [-0.39, 0.29) is 20.8 Å². The highest BCUT2D eigenvalue weighted by Gasteiger charge is 2.47. The standard InChI is InChI=1S/C20H18Cl3N3O3/c1-20(8-7-12-5-3-2-4-6-12)18(28)26(19(29)25-20)11-17(27)24-16-10-14(22)13(21)9-15(16)23/h2-6,9-10H,7-8,11H2,1H3,(H,24,27)(H,25,29). The average molecular weight is 455 g/mol. The molecule has 1 atom stereocenters. The van der Waals surface area contributed by atoms with Gasteiger partial charge in [-0.1, -0.05) is 65.1 Å². The summed E-state index contributed by atoms with van der Waals surface area (Å²) in [5.41, 5.74) is 0.222. The van der Waals surface area contributed by atoms with Crippen LogP contribution in [-0.2, 0) is 16.0 Å². The summed E-state index contributed by atoms with van der Waals surface area (Å²) in [4.78, 5) is 38.4. The van der Waals surface area contributed by atoms with Crippen LogP contribution in [0.3, 0.4) is 0 Å². The lowest BCUT2D eigenvalue weighted by Crippen LogP contribution is -2.45. The molecule has 29 heavy (non-hydrogen) atoms. The van der Waals surface area contributed by atoms with Crippen LogP contribution in [0.1, 0.15) is 18.9 Å². The first-order chi connectivity index (χ1) is 13.7. The van der Waals surface area contributed by atoms with E-state index in [2.05, 4.69) is 10.6 Å². The Morgan fingerprint density at radius 2 is 1.72 bits per heavy atom. The van der Waals surface area contributed by atoms with Gasteiger partial charge in [-0.05, 0) is 37.5 Å². The number of benzene rings is 2. The highest BCUT2D eigenvalue weighted by Crippen LogP contribution is 2.32.